The number of aromatic nitrogens is 2. The van der Waals surface area contributed by atoms with E-state index in [2.05, 4.69) is 23.2 Å². The number of nitrogens with one attached hydrogen (secondary N) is 1. The van der Waals surface area contributed by atoms with Crippen molar-refractivity contribution in [3.05, 3.63) is 72.6 Å². The molecule has 0 spiro atoms. The van der Waals surface area contributed by atoms with E-state index in [9.17, 15) is 0 Å². The van der Waals surface area contributed by atoms with Gasteiger partial charge in [0.05, 0.1) is 11.4 Å². The number of anilines is 1. The molecule has 0 amide bonds. The highest BCUT2D eigenvalue weighted by Gasteiger charge is 2.22. The van der Waals surface area contributed by atoms with Crippen molar-refractivity contribution in [2.45, 2.75) is 31.6 Å². The fourth-order valence-electron chi connectivity index (χ4n) is 4.15. The summed E-state index contributed by atoms with van der Waals surface area (Å²) in [5, 5.41) is 2.23. The van der Waals surface area contributed by atoms with Crippen LogP contribution in [0.2, 0.25) is 0 Å². The number of hydrogen-bond donors (Lipinski definition) is 2. The van der Waals surface area contributed by atoms with Crippen molar-refractivity contribution in [3.63, 3.8) is 0 Å². The van der Waals surface area contributed by atoms with E-state index in [-0.39, 0.29) is 0 Å². The van der Waals surface area contributed by atoms with Crippen LogP contribution in [0.15, 0.2) is 66.9 Å². The number of fused-ring (bicyclic) bond motifs is 1. The maximum Gasteiger partial charge on any atom is 0.127 e. The second-order valence-corrected chi connectivity index (χ2v) is 7.48. The van der Waals surface area contributed by atoms with Crippen LogP contribution in [0.3, 0.4) is 0 Å². The van der Waals surface area contributed by atoms with Gasteiger partial charge in [0.25, 0.3) is 0 Å². The minimum Gasteiger partial charge on any atom is -0.457 e. The first-order valence-corrected chi connectivity index (χ1v) is 9.89. The van der Waals surface area contributed by atoms with E-state index in [0.717, 1.165) is 33.5 Å². The van der Waals surface area contributed by atoms with Gasteiger partial charge in [-0.25, -0.2) is 0 Å². The van der Waals surface area contributed by atoms with Crippen LogP contribution in [0.1, 0.15) is 37.3 Å². The molecule has 0 bridgehead atoms. The summed E-state index contributed by atoms with van der Waals surface area (Å²) in [7, 11) is 0. The Morgan fingerprint density at radius 1 is 0.893 bits per heavy atom. The van der Waals surface area contributed by atoms with Gasteiger partial charge in [-0.2, -0.15) is 0 Å². The van der Waals surface area contributed by atoms with Crippen molar-refractivity contribution < 1.29 is 4.74 Å². The second-order valence-electron chi connectivity index (χ2n) is 7.48. The van der Waals surface area contributed by atoms with E-state index >= 15 is 0 Å². The SMILES string of the molecule is Nc1[nH]cc2c(C3CCCC3)nc(-c3ccc(Oc4ccccc4)cc3)cc12. The van der Waals surface area contributed by atoms with Crippen molar-refractivity contribution >= 4 is 16.6 Å². The maximum absolute atomic E-state index is 6.20. The molecule has 0 saturated heterocycles. The number of para-hydroxylation sites is 1. The zero-order valence-corrected chi connectivity index (χ0v) is 15.7. The van der Waals surface area contributed by atoms with E-state index in [1.165, 1.54) is 31.4 Å². The molecule has 4 aromatic rings. The van der Waals surface area contributed by atoms with Crippen LogP contribution in [0.4, 0.5) is 5.82 Å². The monoisotopic (exact) mass is 369 g/mol. The van der Waals surface area contributed by atoms with E-state index in [0.29, 0.717) is 11.7 Å². The lowest BCUT2D eigenvalue weighted by atomic mass is 9.98. The third-order valence-electron chi connectivity index (χ3n) is 5.62. The Balaban J connectivity index is 1.51. The maximum atomic E-state index is 6.20. The molecule has 1 aliphatic rings. The topological polar surface area (TPSA) is 63.9 Å². The second kappa shape index (κ2) is 7.04. The molecule has 0 radical (unpaired) electrons. The van der Waals surface area contributed by atoms with Crippen LogP contribution < -0.4 is 10.5 Å². The zero-order valence-electron chi connectivity index (χ0n) is 15.7. The van der Waals surface area contributed by atoms with E-state index < -0.39 is 0 Å². The van der Waals surface area contributed by atoms with Gasteiger partial charge in [0.15, 0.2) is 0 Å². The van der Waals surface area contributed by atoms with Crippen LogP contribution >= 0.6 is 0 Å². The molecule has 2 heterocycles. The number of pyridine rings is 1. The molecule has 140 valence electrons. The molecule has 3 N–H and O–H groups in total. The van der Waals surface area contributed by atoms with Gasteiger partial charge in [-0.15, -0.1) is 0 Å². The quantitative estimate of drug-likeness (QED) is 0.446. The molecule has 4 heteroatoms. The number of rotatable bonds is 4. The minimum absolute atomic E-state index is 0.526. The highest BCUT2D eigenvalue weighted by Crippen LogP contribution is 2.39. The summed E-state index contributed by atoms with van der Waals surface area (Å²) in [6.07, 6.45) is 6.99. The average molecular weight is 369 g/mol. The zero-order chi connectivity index (χ0) is 18.9. The Morgan fingerprint density at radius 3 is 2.36 bits per heavy atom. The van der Waals surface area contributed by atoms with E-state index in [1.807, 2.05) is 48.7 Å². The molecule has 2 aromatic carbocycles. The average Bonchev–Trinajstić information content (AvgIpc) is 3.39. The highest BCUT2D eigenvalue weighted by molar-refractivity contribution is 5.96. The molecule has 5 rings (SSSR count). The minimum atomic E-state index is 0.526. The van der Waals surface area contributed by atoms with Gasteiger partial charge in [-0.1, -0.05) is 31.0 Å². The van der Waals surface area contributed by atoms with Gasteiger partial charge in [-0.05, 0) is 55.3 Å². The molecule has 0 atom stereocenters. The predicted octanol–water partition coefficient (Wildman–Crippen LogP) is 6.26. The summed E-state index contributed by atoms with van der Waals surface area (Å²) in [5.74, 6) is 2.88. The normalized spacial score (nSPS) is 14.6. The molecule has 4 nitrogen and oxygen atoms in total. The Bertz CT molecular complexity index is 1090. The van der Waals surface area contributed by atoms with E-state index in [1.54, 1.807) is 0 Å². The number of aromatic amines is 1. The van der Waals surface area contributed by atoms with Crippen LogP contribution in [-0.2, 0) is 0 Å². The Hall–Kier alpha value is -3.27. The highest BCUT2D eigenvalue weighted by atomic mass is 16.5. The first kappa shape index (κ1) is 16.9. The molecule has 0 aliphatic heterocycles. The summed E-state index contributed by atoms with van der Waals surface area (Å²) >= 11 is 0. The summed E-state index contributed by atoms with van der Waals surface area (Å²) < 4.78 is 5.91. The van der Waals surface area contributed by atoms with Gasteiger partial charge in [0.1, 0.15) is 17.3 Å². The van der Waals surface area contributed by atoms with Gasteiger partial charge < -0.3 is 15.5 Å². The molecule has 28 heavy (non-hydrogen) atoms. The standard InChI is InChI=1S/C24H23N3O/c25-24-20-14-22(27-23(21(20)15-26-24)17-6-4-5-7-17)16-10-12-19(13-11-16)28-18-8-2-1-3-9-18/h1-3,8-15,17,26H,4-7,25H2. The Labute approximate surface area is 164 Å². The Kier molecular flexibility index (Phi) is 4.24. The number of nitrogen functional groups attached to an aromatic ring is 1. The van der Waals surface area contributed by atoms with Crippen molar-refractivity contribution in [2.24, 2.45) is 0 Å². The molecule has 2 aromatic heterocycles. The number of ether oxygens (including phenoxy) is 1. The molecule has 1 fully saturated rings. The lowest BCUT2D eigenvalue weighted by Crippen LogP contribution is -1.99. The summed E-state index contributed by atoms with van der Waals surface area (Å²) in [6, 6.07) is 20.0. The van der Waals surface area contributed by atoms with Crippen molar-refractivity contribution in [3.8, 4) is 22.8 Å². The largest absolute Gasteiger partial charge is 0.457 e. The van der Waals surface area contributed by atoms with Crippen molar-refractivity contribution in [1.82, 2.24) is 9.97 Å². The molecular weight excluding hydrogens is 346 g/mol. The lowest BCUT2D eigenvalue weighted by molar-refractivity contribution is 0.483. The summed E-state index contributed by atoms with van der Waals surface area (Å²) in [6.45, 7) is 0. The van der Waals surface area contributed by atoms with Crippen LogP contribution in [0.25, 0.3) is 22.0 Å². The van der Waals surface area contributed by atoms with E-state index in [4.69, 9.17) is 15.5 Å². The number of nitrogens with zero attached hydrogens (tertiary/aromatic N) is 1. The van der Waals surface area contributed by atoms with Crippen molar-refractivity contribution in [1.29, 1.82) is 0 Å². The smallest absolute Gasteiger partial charge is 0.127 e. The third kappa shape index (κ3) is 3.11. The molecule has 0 unspecified atom stereocenters. The van der Waals surface area contributed by atoms with Gasteiger partial charge >= 0.3 is 0 Å². The van der Waals surface area contributed by atoms with Crippen molar-refractivity contribution in [2.75, 3.05) is 5.73 Å². The van der Waals surface area contributed by atoms with Gasteiger partial charge in [0.2, 0.25) is 0 Å². The fourth-order valence-corrected chi connectivity index (χ4v) is 4.15. The first-order chi connectivity index (χ1) is 13.8. The predicted molar refractivity (Wildman–Crippen MR) is 114 cm³/mol. The van der Waals surface area contributed by atoms with Gasteiger partial charge in [0, 0.05) is 28.5 Å². The summed E-state index contributed by atoms with van der Waals surface area (Å²) in [4.78, 5) is 8.24. The first-order valence-electron chi connectivity index (χ1n) is 9.89. The third-order valence-corrected chi connectivity index (χ3v) is 5.62. The molecule has 1 saturated carbocycles. The fraction of sp³-hybridized carbons (Fsp3) is 0.208. The van der Waals surface area contributed by atoms with Crippen LogP contribution in [0.5, 0.6) is 11.5 Å². The summed E-state index contributed by atoms with van der Waals surface area (Å²) in [5.41, 5.74) is 9.42. The number of benzene rings is 2. The number of hydrogen-bond acceptors (Lipinski definition) is 3. The molecule has 1 aliphatic carbocycles. The lowest BCUT2D eigenvalue weighted by Gasteiger charge is -2.13. The van der Waals surface area contributed by atoms with Crippen LogP contribution in [-0.4, -0.2) is 9.97 Å². The van der Waals surface area contributed by atoms with Gasteiger partial charge in [-0.3, -0.25) is 4.98 Å². The number of nitrogens with two attached hydrogens (primary N) is 1. The number of H-pyrrole nitrogens is 1. The Morgan fingerprint density at radius 2 is 1.61 bits per heavy atom. The molecular formula is C24H23N3O. The van der Waals surface area contributed by atoms with Crippen LogP contribution in [0, 0.1) is 0 Å².